The van der Waals surface area contributed by atoms with Gasteiger partial charge < -0.3 is 10.4 Å². The molecule has 0 spiro atoms. The fourth-order valence-electron chi connectivity index (χ4n) is 1.62. The summed E-state index contributed by atoms with van der Waals surface area (Å²) in [6, 6.07) is 8.17. The van der Waals surface area contributed by atoms with Crippen LogP contribution in [-0.4, -0.2) is 17.0 Å². The zero-order valence-electron chi connectivity index (χ0n) is 10.4. The molecule has 2 N–H and O–H groups in total. The maximum atomic E-state index is 13.7. The Morgan fingerprint density at radius 3 is 2.48 bits per heavy atom. The molecule has 2 rings (SSSR count). The van der Waals surface area contributed by atoms with Crippen LogP contribution >= 0.6 is 31.9 Å². The Hall–Kier alpha value is -1.73. The van der Waals surface area contributed by atoms with Crippen molar-refractivity contribution in [2.75, 3.05) is 5.32 Å². The van der Waals surface area contributed by atoms with Gasteiger partial charge in [-0.2, -0.15) is 0 Å². The summed E-state index contributed by atoms with van der Waals surface area (Å²) in [5.74, 6) is -2.46. The van der Waals surface area contributed by atoms with Crippen LogP contribution in [0.4, 0.5) is 10.1 Å². The van der Waals surface area contributed by atoms with Crippen molar-refractivity contribution >= 4 is 49.4 Å². The van der Waals surface area contributed by atoms with Crippen LogP contribution in [0.1, 0.15) is 20.7 Å². The summed E-state index contributed by atoms with van der Waals surface area (Å²) in [5, 5.41) is 11.2. The van der Waals surface area contributed by atoms with Crippen molar-refractivity contribution in [1.29, 1.82) is 0 Å². The molecule has 0 atom stereocenters. The summed E-state index contributed by atoms with van der Waals surface area (Å²) in [6.07, 6.45) is 0. The second kappa shape index (κ2) is 6.36. The lowest BCUT2D eigenvalue weighted by molar-refractivity contribution is 0.0696. The van der Waals surface area contributed by atoms with Gasteiger partial charge in [0, 0.05) is 8.95 Å². The van der Waals surface area contributed by atoms with E-state index in [0.29, 0.717) is 14.5 Å². The van der Waals surface area contributed by atoms with E-state index in [2.05, 4.69) is 37.2 Å². The van der Waals surface area contributed by atoms with Gasteiger partial charge in [0.25, 0.3) is 5.91 Å². The van der Waals surface area contributed by atoms with E-state index in [1.54, 1.807) is 18.2 Å². The summed E-state index contributed by atoms with van der Waals surface area (Å²) >= 11 is 6.47. The Morgan fingerprint density at radius 2 is 1.81 bits per heavy atom. The number of benzene rings is 2. The zero-order valence-corrected chi connectivity index (χ0v) is 13.5. The molecule has 7 heteroatoms. The maximum absolute atomic E-state index is 13.7. The summed E-state index contributed by atoms with van der Waals surface area (Å²) in [5.41, 5.74) is -0.00344. The molecule has 0 aromatic heterocycles. The summed E-state index contributed by atoms with van der Waals surface area (Å²) in [7, 11) is 0. The standard InChI is InChI=1S/C14H8Br2FNO3/c15-8-2-3-10(16)9(6-8)13(19)18-12-5-7(14(20)21)1-4-11(12)17/h1-6H,(H,18,19)(H,20,21). The van der Waals surface area contributed by atoms with E-state index in [4.69, 9.17) is 5.11 Å². The number of rotatable bonds is 3. The molecule has 0 saturated heterocycles. The SMILES string of the molecule is O=C(O)c1ccc(F)c(NC(=O)c2cc(Br)ccc2Br)c1. The third-order valence-electron chi connectivity index (χ3n) is 2.63. The average molecular weight is 417 g/mol. The fraction of sp³-hybridized carbons (Fsp3) is 0. The van der Waals surface area contributed by atoms with Gasteiger partial charge in [-0.15, -0.1) is 0 Å². The minimum atomic E-state index is -1.20. The van der Waals surface area contributed by atoms with Crippen molar-refractivity contribution in [3.8, 4) is 0 Å². The molecule has 0 saturated carbocycles. The van der Waals surface area contributed by atoms with Crippen molar-refractivity contribution in [2.24, 2.45) is 0 Å². The van der Waals surface area contributed by atoms with E-state index in [1.807, 2.05) is 0 Å². The Kier molecular flexibility index (Phi) is 4.74. The molecule has 108 valence electrons. The highest BCUT2D eigenvalue weighted by molar-refractivity contribution is 9.11. The van der Waals surface area contributed by atoms with Crippen LogP contribution in [0.5, 0.6) is 0 Å². The van der Waals surface area contributed by atoms with Crippen LogP contribution < -0.4 is 5.32 Å². The number of amides is 1. The number of carboxylic acid groups (broad SMARTS) is 1. The van der Waals surface area contributed by atoms with E-state index >= 15 is 0 Å². The number of carboxylic acids is 1. The molecular formula is C14H8Br2FNO3. The van der Waals surface area contributed by atoms with Gasteiger partial charge in [0.05, 0.1) is 16.8 Å². The highest BCUT2D eigenvalue weighted by atomic mass is 79.9. The minimum Gasteiger partial charge on any atom is -0.478 e. The largest absolute Gasteiger partial charge is 0.478 e. The molecule has 1 amide bonds. The molecule has 2 aromatic rings. The fourth-order valence-corrected chi connectivity index (χ4v) is 2.40. The number of halogens is 3. The number of carbonyl (C=O) groups is 2. The molecule has 2 aromatic carbocycles. The molecule has 0 unspecified atom stereocenters. The van der Waals surface area contributed by atoms with Gasteiger partial charge in [-0.3, -0.25) is 4.79 Å². The monoisotopic (exact) mass is 415 g/mol. The van der Waals surface area contributed by atoms with Crippen LogP contribution in [0.25, 0.3) is 0 Å². The van der Waals surface area contributed by atoms with Gasteiger partial charge in [-0.1, -0.05) is 15.9 Å². The average Bonchev–Trinajstić information content (AvgIpc) is 2.43. The minimum absolute atomic E-state index is 0.111. The lowest BCUT2D eigenvalue weighted by atomic mass is 10.1. The Bertz CT molecular complexity index is 734. The van der Waals surface area contributed by atoms with Crippen molar-refractivity contribution in [3.63, 3.8) is 0 Å². The third-order valence-corrected chi connectivity index (χ3v) is 3.82. The van der Waals surface area contributed by atoms with Crippen molar-refractivity contribution in [2.45, 2.75) is 0 Å². The molecule has 0 fully saturated rings. The van der Waals surface area contributed by atoms with Crippen LogP contribution in [0, 0.1) is 5.82 Å². The summed E-state index contributed by atoms with van der Waals surface area (Å²) in [6.45, 7) is 0. The van der Waals surface area contributed by atoms with E-state index in [1.165, 1.54) is 0 Å². The van der Waals surface area contributed by atoms with Gasteiger partial charge in [-0.25, -0.2) is 9.18 Å². The Labute approximate surface area is 136 Å². The molecule has 0 heterocycles. The zero-order chi connectivity index (χ0) is 15.6. The first kappa shape index (κ1) is 15.7. The third kappa shape index (κ3) is 3.68. The van der Waals surface area contributed by atoms with E-state index < -0.39 is 17.7 Å². The van der Waals surface area contributed by atoms with E-state index in [9.17, 15) is 14.0 Å². The first-order chi connectivity index (χ1) is 9.88. The molecule has 0 bridgehead atoms. The predicted octanol–water partition coefficient (Wildman–Crippen LogP) is 4.30. The smallest absolute Gasteiger partial charge is 0.335 e. The van der Waals surface area contributed by atoms with Crippen LogP contribution in [0.2, 0.25) is 0 Å². The highest BCUT2D eigenvalue weighted by Gasteiger charge is 2.14. The molecule has 0 radical (unpaired) electrons. The van der Waals surface area contributed by atoms with Crippen molar-refractivity contribution in [3.05, 3.63) is 62.3 Å². The van der Waals surface area contributed by atoms with Gasteiger partial charge >= 0.3 is 5.97 Å². The Morgan fingerprint density at radius 1 is 1.10 bits per heavy atom. The number of anilines is 1. The molecule has 4 nitrogen and oxygen atoms in total. The molecule has 21 heavy (non-hydrogen) atoms. The number of hydrogen-bond acceptors (Lipinski definition) is 2. The quantitative estimate of drug-likeness (QED) is 0.783. The number of hydrogen-bond donors (Lipinski definition) is 2. The van der Waals surface area contributed by atoms with E-state index in [-0.39, 0.29) is 11.3 Å². The first-order valence-corrected chi connectivity index (χ1v) is 7.26. The molecule has 0 aliphatic heterocycles. The van der Waals surface area contributed by atoms with Gasteiger partial charge in [0.15, 0.2) is 0 Å². The summed E-state index contributed by atoms with van der Waals surface area (Å²) in [4.78, 5) is 23.0. The maximum Gasteiger partial charge on any atom is 0.335 e. The lowest BCUT2D eigenvalue weighted by Gasteiger charge is -2.09. The van der Waals surface area contributed by atoms with Crippen LogP contribution in [0.15, 0.2) is 45.3 Å². The number of nitrogens with one attached hydrogen (secondary N) is 1. The number of aromatic carboxylic acids is 1. The van der Waals surface area contributed by atoms with E-state index in [0.717, 1.165) is 18.2 Å². The topological polar surface area (TPSA) is 66.4 Å². The molecular weight excluding hydrogens is 409 g/mol. The normalized spacial score (nSPS) is 10.2. The molecule has 0 aliphatic carbocycles. The van der Waals surface area contributed by atoms with Gasteiger partial charge in [0.2, 0.25) is 0 Å². The van der Waals surface area contributed by atoms with Crippen molar-refractivity contribution < 1.29 is 19.1 Å². The van der Waals surface area contributed by atoms with Gasteiger partial charge in [0.1, 0.15) is 5.82 Å². The Balaban J connectivity index is 2.33. The summed E-state index contributed by atoms with van der Waals surface area (Å²) < 4.78 is 14.9. The molecule has 0 aliphatic rings. The van der Waals surface area contributed by atoms with Crippen LogP contribution in [0.3, 0.4) is 0 Å². The number of carbonyl (C=O) groups excluding carboxylic acids is 1. The van der Waals surface area contributed by atoms with Crippen LogP contribution in [-0.2, 0) is 0 Å². The highest BCUT2D eigenvalue weighted by Crippen LogP contribution is 2.24. The van der Waals surface area contributed by atoms with Gasteiger partial charge in [-0.05, 0) is 52.3 Å². The second-order valence-corrected chi connectivity index (χ2v) is 5.85. The lowest BCUT2D eigenvalue weighted by Crippen LogP contribution is -2.14. The second-order valence-electron chi connectivity index (χ2n) is 4.08. The predicted molar refractivity (Wildman–Crippen MR) is 83.2 cm³/mol. The first-order valence-electron chi connectivity index (χ1n) is 5.67. The van der Waals surface area contributed by atoms with Crippen molar-refractivity contribution in [1.82, 2.24) is 0 Å².